The van der Waals surface area contributed by atoms with Crippen LogP contribution in [0, 0.1) is 13.8 Å². The predicted octanol–water partition coefficient (Wildman–Crippen LogP) is 4.82. The van der Waals surface area contributed by atoms with E-state index in [2.05, 4.69) is 0 Å². The van der Waals surface area contributed by atoms with Gasteiger partial charge in [-0.3, -0.25) is 4.79 Å². The lowest BCUT2D eigenvalue weighted by Crippen LogP contribution is -2.38. The standard InChI is InChI=1S/C22H21ClO6/c1-11-6-13(7-12(2)20(11)29-22(3,4)21(25)26)8-18-19(24)14-9-15(23)17(27-5)10-16(14)28-18/h6-10H,1-5H3,(H,25,26)/b18-8-. The number of aliphatic carboxylic acids is 1. The number of carbonyl (C=O) groups excluding carboxylic acids is 1. The van der Waals surface area contributed by atoms with Crippen LogP contribution in [0.3, 0.4) is 0 Å². The van der Waals surface area contributed by atoms with Gasteiger partial charge in [0.05, 0.1) is 17.7 Å². The molecule has 0 amide bonds. The molecular weight excluding hydrogens is 396 g/mol. The number of aryl methyl sites for hydroxylation is 2. The molecule has 7 heteroatoms. The van der Waals surface area contributed by atoms with Crippen molar-refractivity contribution in [3.8, 4) is 17.2 Å². The van der Waals surface area contributed by atoms with Crippen molar-refractivity contribution >= 4 is 29.4 Å². The summed E-state index contributed by atoms with van der Waals surface area (Å²) in [5, 5.41) is 9.63. The molecule has 1 N–H and O–H groups in total. The molecule has 0 radical (unpaired) electrons. The van der Waals surface area contributed by atoms with Gasteiger partial charge in [0.1, 0.15) is 17.2 Å². The summed E-state index contributed by atoms with van der Waals surface area (Å²) in [7, 11) is 1.49. The second-order valence-electron chi connectivity index (χ2n) is 7.32. The highest BCUT2D eigenvalue weighted by Gasteiger charge is 2.31. The molecule has 2 aromatic rings. The number of carboxylic acids is 1. The fourth-order valence-electron chi connectivity index (χ4n) is 3.02. The molecule has 0 fully saturated rings. The minimum Gasteiger partial charge on any atom is -0.495 e. The number of carbonyl (C=O) groups is 2. The molecule has 2 aromatic carbocycles. The van der Waals surface area contributed by atoms with Crippen LogP contribution in [0.15, 0.2) is 30.0 Å². The molecule has 0 spiro atoms. The number of fused-ring (bicyclic) bond motifs is 1. The quantitative estimate of drug-likeness (QED) is 0.703. The molecule has 29 heavy (non-hydrogen) atoms. The zero-order valence-corrected chi connectivity index (χ0v) is 17.5. The Labute approximate surface area is 173 Å². The molecule has 0 saturated heterocycles. The van der Waals surface area contributed by atoms with Crippen molar-refractivity contribution in [3.05, 3.63) is 57.3 Å². The van der Waals surface area contributed by atoms with E-state index in [1.807, 2.05) is 13.8 Å². The Hall–Kier alpha value is -2.99. The maximum absolute atomic E-state index is 12.7. The lowest BCUT2D eigenvalue weighted by Gasteiger charge is -2.24. The summed E-state index contributed by atoms with van der Waals surface area (Å²) in [6.45, 7) is 6.62. The van der Waals surface area contributed by atoms with E-state index in [0.717, 1.165) is 16.7 Å². The second-order valence-corrected chi connectivity index (χ2v) is 7.73. The molecule has 3 rings (SSSR count). The van der Waals surface area contributed by atoms with Gasteiger partial charge in [-0.2, -0.15) is 0 Å². The first kappa shape index (κ1) is 20.7. The third-order valence-corrected chi connectivity index (χ3v) is 4.89. The van der Waals surface area contributed by atoms with Crippen LogP contribution in [0.2, 0.25) is 5.02 Å². The lowest BCUT2D eigenvalue weighted by atomic mass is 10.0. The maximum atomic E-state index is 12.7. The molecule has 1 heterocycles. The second kappa shape index (κ2) is 7.44. The first-order chi connectivity index (χ1) is 13.5. The van der Waals surface area contributed by atoms with Gasteiger partial charge in [-0.1, -0.05) is 11.6 Å². The predicted molar refractivity (Wildman–Crippen MR) is 109 cm³/mol. The number of hydrogen-bond donors (Lipinski definition) is 1. The van der Waals surface area contributed by atoms with Gasteiger partial charge in [0.25, 0.3) is 0 Å². The van der Waals surface area contributed by atoms with Crippen molar-refractivity contribution in [2.45, 2.75) is 33.3 Å². The highest BCUT2D eigenvalue weighted by atomic mass is 35.5. The molecule has 0 unspecified atom stereocenters. The molecule has 0 bridgehead atoms. The zero-order valence-electron chi connectivity index (χ0n) is 16.8. The van der Waals surface area contributed by atoms with Gasteiger partial charge in [-0.15, -0.1) is 0 Å². The van der Waals surface area contributed by atoms with Crippen molar-refractivity contribution in [1.82, 2.24) is 0 Å². The number of benzene rings is 2. The van der Waals surface area contributed by atoms with E-state index in [0.29, 0.717) is 27.8 Å². The first-order valence-electron chi connectivity index (χ1n) is 8.89. The van der Waals surface area contributed by atoms with Crippen LogP contribution >= 0.6 is 11.6 Å². The fraction of sp³-hybridized carbons (Fsp3) is 0.273. The van der Waals surface area contributed by atoms with Gasteiger partial charge in [-0.05, 0) is 68.7 Å². The normalized spacial score (nSPS) is 14.6. The van der Waals surface area contributed by atoms with Gasteiger partial charge < -0.3 is 19.3 Å². The Balaban J connectivity index is 1.94. The zero-order chi connectivity index (χ0) is 21.5. The average Bonchev–Trinajstić information content (AvgIpc) is 2.92. The minimum absolute atomic E-state index is 0.169. The molecule has 1 aliphatic heterocycles. The average molecular weight is 417 g/mol. The monoisotopic (exact) mass is 416 g/mol. The van der Waals surface area contributed by atoms with Crippen molar-refractivity contribution in [3.63, 3.8) is 0 Å². The van der Waals surface area contributed by atoms with E-state index >= 15 is 0 Å². The number of halogens is 1. The smallest absolute Gasteiger partial charge is 0.347 e. The number of allylic oxidation sites excluding steroid dienone is 1. The molecule has 0 aromatic heterocycles. The van der Waals surface area contributed by atoms with Crippen LogP contribution in [-0.4, -0.2) is 29.6 Å². The van der Waals surface area contributed by atoms with Crippen LogP contribution < -0.4 is 14.2 Å². The third kappa shape index (κ3) is 3.93. The van der Waals surface area contributed by atoms with Crippen molar-refractivity contribution in [2.75, 3.05) is 7.11 Å². The number of carboxylic acid groups (broad SMARTS) is 1. The molecule has 0 aliphatic carbocycles. The fourth-order valence-corrected chi connectivity index (χ4v) is 3.26. The van der Waals surface area contributed by atoms with Crippen LogP contribution in [0.4, 0.5) is 0 Å². The summed E-state index contributed by atoms with van der Waals surface area (Å²) < 4.78 is 16.6. The highest BCUT2D eigenvalue weighted by Crippen LogP contribution is 2.39. The van der Waals surface area contributed by atoms with Gasteiger partial charge in [0.15, 0.2) is 11.4 Å². The molecular formula is C22H21ClO6. The number of hydrogen-bond acceptors (Lipinski definition) is 5. The summed E-state index contributed by atoms with van der Waals surface area (Å²) in [5.74, 6) is 0.153. The number of methoxy groups -OCH3 is 1. The Bertz CT molecular complexity index is 1030. The van der Waals surface area contributed by atoms with Gasteiger partial charge in [-0.25, -0.2) is 4.79 Å². The topological polar surface area (TPSA) is 82.1 Å². The van der Waals surface area contributed by atoms with E-state index in [4.69, 9.17) is 25.8 Å². The molecule has 6 nitrogen and oxygen atoms in total. The summed E-state index contributed by atoms with van der Waals surface area (Å²) >= 11 is 6.11. The van der Waals surface area contributed by atoms with Crippen LogP contribution in [0.1, 0.15) is 40.9 Å². The van der Waals surface area contributed by atoms with Crippen molar-refractivity contribution in [1.29, 1.82) is 0 Å². The lowest BCUT2D eigenvalue weighted by molar-refractivity contribution is -0.152. The summed E-state index contributed by atoms with van der Waals surface area (Å²) in [6, 6.07) is 6.72. The van der Waals surface area contributed by atoms with Gasteiger partial charge >= 0.3 is 5.97 Å². The van der Waals surface area contributed by atoms with Gasteiger partial charge in [0.2, 0.25) is 5.78 Å². The van der Waals surface area contributed by atoms with Crippen LogP contribution in [0.5, 0.6) is 17.2 Å². The van der Waals surface area contributed by atoms with E-state index in [1.54, 1.807) is 24.3 Å². The minimum atomic E-state index is -1.36. The van der Waals surface area contributed by atoms with Crippen LogP contribution in [0.25, 0.3) is 6.08 Å². The highest BCUT2D eigenvalue weighted by molar-refractivity contribution is 6.33. The maximum Gasteiger partial charge on any atom is 0.347 e. The van der Waals surface area contributed by atoms with E-state index in [-0.39, 0.29) is 11.5 Å². The Kier molecular flexibility index (Phi) is 5.32. The van der Waals surface area contributed by atoms with Crippen molar-refractivity contribution in [2.24, 2.45) is 0 Å². The Morgan fingerprint density at radius 1 is 1.17 bits per heavy atom. The molecule has 1 aliphatic rings. The van der Waals surface area contributed by atoms with E-state index in [9.17, 15) is 14.7 Å². The van der Waals surface area contributed by atoms with Crippen LogP contribution in [-0.2, 0) is 4.79 Å². The largest absolute Gasteiger partial charge is 0.495 e. The van der Waals surface area contributed by atoms with E-state index < -0.39 is 11.6 Å². The number of ketones is 1. The van der Waals surface area contributed by atoms with Crippen molar-refractivity contribution < 1.29 is 28.9 Å². The van der Waals surface area contributed by atoms with Gasteiger partial charge in [0, 0.05) is 6.07 Å². The Morgan fingerprint density at radius 2 is 1.79 bits per heavy atom. The summed E-state index contributed by atoms with van der Waals surface area (Å²) in [6.07, 6.45) is 1.63. The van der Waals surface area contributed by atoms with E-state index in [1.165, 1.54) is 27.0 Å². The molecule has 152 valence electrons. The summed E-state index contributed by atoms with van der Waals surface area (Å²) in [5.41, 5.74) is 1.24. The molecule has 0 atom stereocenters. The third-order valence-electron chi connectivity index (χ3n) is 4.60. The molecule has 0 saturated carbocycles. The first-order valence-corrected chi connectivity index (χ1v) is 9.26. The SMILES string of the molecule is COc1cc2c(cc1Cl)C(=O)/C(=C/c1cc(C)c(OC(C)(C)C(=O)O)c(C)c1)O2. The number of rotatable bonds is 5. The Morgan fingerprint density at radius 3 is 2.34 bits per heavy atom. The number of ether oxygens (including phenoxy) is 3. The summed E-state index contributed by atoms with van der Waals surface area (Å²) in [4.78, 5) is 24.0. The number of Topliss-reactive ketones (excluding diaryl/α,β-unsaturated/α-hetero) is 1.